The summed E-state index contributed by atoms with van der Waals surface area (Å²) in [6.45, 7) is 2.39. The minimum absolute atomic E-state index is 0.0277. The zero-order valence-electron chi connectivity index (χ0n) is 9.63. The molecule has 0 spiro atoms. The topological polar surface area (TPSA) is 41.6 Å². The van der Waals surface area contributed by atoms with Crippen LogP contribution in [0.3, 0.4) is 0 Å². The van der Waals surface area contributed by atoms with E-state index in [9.17, 15) is 4.79 Å². The molecule has 2 aliphatic rings. The highest BCUT2D eigenvalue weighted by Gasteiger charge is 2.42. The van der Waals surface area contributed by atoms with Gasteiger partial charge in [0.15, 0.2) is 0 Å². The van der Waals surface area contributed by atoms with E-state index in [2.05, 4.69) is 5.32 Å². The van der Waals surface area contributed by atoms with E-state index in [0.29, 0.717) is 6.54 Å². The molecule has 90 valence electrons. The summed E-state index contributed by atoms with van der Waals surface area (Å²) in [5.41, 5.74) is 1.16. The molecule has 4 heteroatoms. The Kier molecular flexibility index (Phi) is 2.73. The van der Waals surface area contributed by atoms with Gasteiger partial charge in [-0.3, -0.25) is 4.90 Å². The Labute approximate surface area is 101 Å². The standard InChI is InChI=1S/C13H16N2O2/c16-13-15(9-10-4-2-1-3-5-10)11-6-7-14-8-12(11)17-13/h1-5,11-12,14H,6-9H2. The molecule has 0 radical (unpaired) electrons. The lowest BCUT2D eigenvalue weighted by molar-refractivity contribution is 0.121. The van der Waals surface area contributed by atoms with E-state index in [1.807, 2.05) is 35.2 Å². The molecule has 2 unspecified atom stereocenters. The van der Waals surface area contributed by atoms with E-state index in [1.165, 1.54) is 0 Å². The lowest BCUT2D eigenvalue weighted by atomic mass is 10.0. The first kappa shape index (κ1) is 10.6. The summed E-state index contributed by atoms with van der Waals surface area (Å²) in [4.78, 5) is 13.7. The number of benzene rings is 1. The quantitative estimate of drug-likeness (QED) is 0.837. The molecule has 4 nitrogen and oxygen atoms in total. The van der Waals surface area contributed by atoms with Crippen LogP contribution in [0.2, 0.25) is 0 Å². The minimum Gasteiger partial charge on any atom is -0.443 e. The number of ether oxygens (including phenoxy) is 1. The Morgan fingerprint density at radius 2 is 2.18 bits per heavy atom. The molecule has 2 fully saturated rings. The number of carbonyl (C=O) groups is 1. The van der Waals surface area contributed by atoms with Crippen molar-refractivity contribution < 1.29 is 9.53 Å². The van der Waals surface area contributed by atoms with Gasteiger partial charge >= 0.3 is 6.09 Å². The van der Waals surface area contributed by atoms with Crippen molar-refractivity contribution in [3.8, 4) is 0 Å². The molecule has 1 aromatic rings. The fourth-order valence-electron chi connectivity index (χ4n) is 2.59. The third-order valence-electron chi connectivity index (χ3n) is 3.47. The molecular weight excluding hydrogens is 216 g/mol. The van der Waals surface area contributed by atoms with Crippen molar-refractivity contribution >= 4 is 6.09 Å². The zero-order chi connectivity index (χ0) is 11.7. The number of nitrogens with one attached hydrogen (secondary N) is 1. The number of carbonyl (C=O) groups excluding carboxylic acids is 1. The molecule has 0 saturated carbocycles. The normalized spacial score (nSPS) is 27.8. The van der Waals surface area contributed by atoms with Gasteiger partial charge in [-0.2, -0.15) is 0 Å². The highest BCUT2D eigenvalue weighted by Crippen LogP contribution is 2.25. The van der Waals surface area contributed by atoms with Crippen molar-refractivity contribution in [3.05, 3.63) is 35.9 Å². The number of nitrogens with zero attached hydrogens (tertiary/aromatic N) is 1. The van der Waals surface area contributed by atoms with Gasteiger partial charge in [0, 0.05) is 13.1 Å². The van der Waals surface area contributed by atoms with Crippen LogP contribution in [0.5, 0.6) is 0 Å². The molecule has 3 rings (SSSR count). The second-order valence-corrected chi connectivity index (χ2v) is 4.60. The predicted molar refractivity (Wildman–Crippen MR) is 63.5 cm³/mol. The number of piperidine rings is 1. The Morgan fingerprint density at radius 1 is 1.35 bits per heavy atom. The lowest BCUT2D eigenvalue weighted by Crippen LogP contribution is -2.46. The summed E-state index contributed by atoms with van der Waals surface area (Å²) in [7, 11) is 0. The molecule has 17 heavy (non-hydrogen) atoms. The number of hydrogen-bond acceptors (Lipinski definition) is 3. The van der Waals surface area contributed by atoms with Gasteiger partial charge in [0.05, 0.1) is 6.04 Å². The number of rotatable bonds is 2. The Morgan fingerprint density at radius 3 is 3.00 bits per heavy atom. The molecule has 2 aliphatic heterocycles. The first-order valence-corrected chi connectivity index (χ1v) is 6.06. The van der Waals surface area contributed by atoms with Gasteiger partial charge in [-0.15, -0.1) is 0 Å². The maximum absolute atomic E-state index is 11.8. The van der Waals surface area contributed by atoms with Gasteiger partial charge in [0.1, 0.15) is 6.10 Å². The van der Waals surface area contributed by atoms with Crippen LogP contribution in [0.25, 0.3) is 0 Å². The highest BCUT2D eigenvalue weighted by molar-refractivity contribution is 5.70. The average molecular weight is 232 g/mol. The van der Waals surface area contributed by atoms with Gasteiger partial charge in [-0.05, 0) is 18.5 Å². The van der Waals surface area contributed by atoms with E-state index >= 15 is 0 Å². The van der Waals surface area contributed by atoms with Crippen LogP contribution >= 0.6 is 0 Å². The second-order valence-electron chi connectivity index (χ2n) is 4.60. The summed E-state index contributed by atoms with van der Waals surface area (Å²) < 4.78 is 5.37. The van der Waals surface area contributed by atoms with Crippen molar-refractivity contribution in [2.75, 3.05) is 13.1 Å². The number of amides is 1. The van der Waals surface area contributed by atoms with Crippen LogP contribution in [0.4, 0.5) is 4.79 Å². The van der Waals surface area contributed by atoms with Crippen LogP contribution in [-0.2, 0) is 11.3 Å². The van der Waals surface area contributed by atoms with Gasteiger partial charge in [0.25, 0.3) is 0 Å². The van der Waals surface area contributed by atoms with Crippen molar-refractivity contribution in [2.24, 2.45) is 0 Å². The molecule has 2 heterocycles. The van der Waals surface area contributed by atoms with Crippen molar-refractivity contribution in [1.29, 1.82) is 0 Å². The van der Waals surface area contributed by atoms with Crippen LogP contribution in [-0.4, -0.2) is 36.2 Å². The summed E-state index contributed by atoms with van der Waals surface area (Å²) in [6.07, 6.45) is 0.830. The molecular formula is C13H16N2O2. The van der Waals surface area contributed by atoms with E-state index in [4.69, 9.17) is 4.74 Å². The Balaban J connectivity index is 1.76. The van der Waals surface area contributed by atoms with E-state index in [1.54, 1.807) is 0 Å². The van der Waals surface area contributed by atoms with Crippen molar-refractivity contribution in [3.63, 3.8) is 0 Å². The predicted octanol–water partition coefficient (Wildman–Crippen LogP) is 1.37. The molecule has 2 atom stereocenters. The number of hydrogen-bond donors (Lipinski definition) is 1. The van der Waals surface area contributed by atoms with E-state index in [0.717, 1.165) is 25.1 Å². The third kappa shape index (κ3) is 2.00. The largest absolute Gasteiger partial charge is 0.443 e. The molecule has 1 aromatic carbocycles. The summed E-state index contributed by atoms with van der Waals surface area (Å²) in [5, 5.41) is 3.26. The van der Waals surface area contributed by atoms with Gasteiger partial charge in [0.2, 0.25) is 0 Å². The first-order chi connectivity index (χ1) is 8.34. The molecule has 0 aromatic heterocycles. The van der Waals surface area contributed by atoms with Crippen molar-refractivity contribution in [2.45, 2.75) is 25.1 Å². The number of fused-ring (bicyclic) bond motifs is 1. The maximum atomic E-state index is 11.8. The van der Waals surface area contributed by atoms with Crippen LogP contribution < -0.4 is 5.32 Å². The van der Waals surface area contributed by atoms with Gasteiger partial charge in [-0.1, -0.05) is 30.3 Å². The SMILES string of the molecule is O=C1OC2CNCCC2N1Cc1ccccc1. The molecule has 0 bridgehead atoms. The third-order valence-corrected chi connectivity index (χ3v) is 3.47. The fourth-order valence-corrected chi connectivity index (χ4v) is 2.59. The van der Waals surface area contributed by atoms with Gasteiger partial charge in [-0.25, -0.2) is 4.79 Å². The summed E-state index contributed by atoms with van der Waals surface area (Å²) in [5.74, 6) is 0. The van der Waals surface area contributed by atoms with Crippen LogP contribution in [0.15, 0.2) is 30.3 Å². The Hall–Kier alpha value is -1.55. The summed E-state index contributed by atoms with van der Waals surface area (Å²) >= 11 is 0. The Bertz CT molecular complexity index is 407. The second kappa shape index (κ2) is 4.37. The van der Waals surface area contributed by atoms with Crippen molar-refractivity contribution in [1.82, 2.24) is 10.2 Å². The van der Waals surface area contributed by atoms with E-state index < -0.39 is 0 Å². The highest BCUT2D eigenvalue weighted by atomic mass is 16.6. The molecule has 1 N–H and O–H groups in total. The maximum Gasteiger partial charge on any atom is 0.410 e. The van der Waals surface area contributed by atoms with Crippen LogP contribution in [0, 0.1) is 0 Å². The zero-order valence-corrected chi connectivity index (χ0v) is 9.63. The van der Waals surface area contributed by atoms with Crippen LogP contribution in [0.1, 0.15) is 12.0 Å². The molecule has 1 amide bonds. The lowest BCUT2D eigenvalue weighted by Gasteiger charge is -2.28. The smallest absolute Gasteiger partial charge is 0.410 e. The fraction of sp³-hybridized carbons (Fsp3) is 0.462. The molecule has 0 aliphatic carbocycles. The van der Waals surface area contributed by atoms with Gasteiger partial charge < -0.3 is 10.1 Å². The summed E-state index contributed by atoms with van der Waals surface area (Å²) in [6, 6.07) is 10.3. The minimum atomic E-state index is -0.174. The molecule has 2 saturated heterocycles. The van der Waals surface area contributed by atoms with E-state index in [-0.39, 0.29) is 18.2 Å². The monoisotopic (exact) mass is 232 g/mol. The average Bonchev–Trinajstić information content (AvgIpc) is 2.68. The first-order valence-electron chi connectivity index (χ1n) is 6.06.